The molecule has 1 aliphatic carbocycles. The van der Waals surface area contributed by atoms with E-state index in [9.17, 15) is 9.90 Å². The molecule has 2 rings (SSSR count). The quantitative estimate of drug-likeness (QED) is 0.827. The van der Waals surface area contributed by atoms with Gasteiger partial charge in [0, 0.05) is 12.6 Å². The van der Waals surface area contributed by atoms with Gasteiger partial charge in [-0.1, -0.05) is 13.8 Å². The molecule has 2 N–H and O–H groups in total. The van der Waals surface area contributed by atoms with E-state index >= 15 is 0 Å². The number of anilines is 1. The largest absolute Gasteiger partial charge is 0.497 e. The standard InChI is InChI=1S/C15H21NO3/c1-10(2)15(6-7-15)9-16-13-8-11(19-3)4-5-12(13)14(17)18/h4-5,8,10,16H,6-7,9H2,1-3H3,(H,17,18). The fourth-order valence-corrected chi connectivity index (χ4v) is 2.37. The van der Waals surface area contributed by atoms with Crippen molar-refractivity contribution in [2.24, 2.45) is 11.3 Å². The van der Waals surface area contributed by atoms with Crippen LogP contribution in [0, 0.1) is 11.3 Å². The van der Waals surface area contributed by atoms with Gasteiger partial charge in [-0.2, -0.15) is 0 Å². The van der Waals surface area contributed by atoms with Gasteiger partial charge in [0.05, 0.1) is 18.4 Å². The maximum atomic E-state index is 11.2. The molecule has 1 aromatic rings. The van der Waals surface area contributed by atoms with Gasteiger partial charge in [0.15, 0.2) is 0 Å². The molecule has 0 amide bonds. The zero-order valence-corrected chi connectivity index (χ0v) is 11.7. The van der Waals surface area contributed by atoms with Crippen molar-refractivity contribution >= 4 is 11.7 Å². The summed E-state index contributed by atoms with van der Waals surface area (Å²) in [5, 5.41) is 12.5. The molecule has 0 spiro atoms. The molecule has 1 fully saturated rings. The minimum atomic E-state index is -0.917. The van der Waals surface area contributed by atoms with Gasteiger partial charge in [-0.3, -0.25) is 0 Å². The third-order valence-corrected chi connectivity index (χ3v) is 4.21. The Kier molecular flexibility index (Phi) is 3.69. The van der Waals surface area contributed by atoms with E-state index in [0.717, 1.165) is 6.54 Å². The number of methoxy groups -OCH3 is 1. The SMILES string of the molecule is COc1ccc(C(=O)O)c(NCC2(C(C)C)CC2)c1. The average molecular weight is 263 g/mol. The molecule has 0 atom stereocenters. The molecule has 0 unspecified atom stereocenters. The van der Waals surface area contributed by atoms with Crippen molar-refractivity contribution < 1.29 is 14.6 Å². The van der Waals surface area contributed by atoms with Crippen molar-refractivity contribution in [2.45, 2.75) is 26.7 Å². The Labute approximate surface area is 113 Å². The zero-order valence-electron chi connectivity index (χ0n) is 11.7. The van der Waals surface area contributed by atoms with Crippen LogP contribution in [0.15, 0.2) is 18.2 Å². The molecular formula is C15H21NO3. The second-order valence-electron chi connectivity index (χ2n) is 5.59. The smallest absolute Gasteiger partial charge is 0.337 e. The van der Waals surface area contributed by atoms with Gasteiger partial charge >= 0.3 is 5.97 Å². The van der Waals surface area contributed by atoms with E-state index < -0.39 is 5.97 Å². The maximum Gasteiger partial charge on any atom is 0.337 e. The summed E-state index contributed by atoms with van der Waals surface area (Å²) in [4.78, 5) is 11.2. The van der Waals surface area contributed by atoms with Crippen molar-refractivity contribution in [1.29, 1.82) is 0 Å². The van der Waals surface area contributed by atoms with E-state index in [-0.39, 0.29) is 0 Å². The van der Waals surface area contributed by atoms with Crippen LogP contribution in [0.5, 0.6) is 5.75 Å². The minimum absolute atomic E-state index is 0.292. The highest BCUT2D eigenvalue weighted by Crippen LogP contribution is 2.51. The van der Waals surface area contributed by atoms with E-state index in [1.807, 2.05) is 0 Å². The number of aromatic carboxylic acids is 1. The first-order valence-electron chi connectivity index (χ1n) is 6.64. The number of nitrogens with one attached hydrogen (secondary N) is 1. The summed E-state index contributed by atoms with van der Waals surface area (Å²) >= 11 is 0. The number of carboxylic acid groups (broad SMARTS) is 1. The summed E-state index contributed by atoms with van der Waals surface area (Å²) in [6.07, 6.45) is 2.42. The Hall–Kier alpha value is -1.71. The molecule has 0 aromatic heterocycles. The van der Waals surface area contributed by atoms with E-state index in [0.29, 0.717) is 28.3 Å². The summed E-state index contributed by atoms with van der Waals surface area (Å²) in [7, 11) is 1.58. The van der Waals surface area contributed by atoms with Gasteiger partial charge in [0.1, 0.15) is 5.75 Å². The van der Waals surface area contributed by atoms with Gasteiger partial charge in [-0.15, -0.1) is 0 Å². The third-order valence-electron chi connectivity index (χ3n) is 4.21. The number of carbonyl (C=O) groups is 1. The summed E-state index contributed by atoms with van der Waals surface area (Å²) in [6, 6.07) is 5.00. The van der Waals surface area contributed by atoms with Crippen LogP contribution in [-0.4, -0.2) is 24.7 Å². The number of hydrogen-bond acceptors (Lipinski definition) is 3. The summed E-state index contributed by atoms with van der Waals surface area (Å²) in [5.74, 6) is 0.361. The predicted octanol–water partition coefficient (Wildman–Crippen LogP) is 3.24. The summed E-state index contributed by atoms with van der Waals surface area (Å²) in [5.41, 5.74) is 1.26. The van der Waals surface area contributed by atoms with Crippen LogP contribution in [0.4, 0.5) is 5.69 Å². The number of rotatable bonds is 6. The first-order valence-corrected chi connectivity index (χ1v) is 6.64. The van der Waals surface area contributed by atoms with Gasteiger partial charge in [0.2, 0.25) is 0 Å². The first-order chi connectivity index (χ1) is 8.98. The molecule has 4 nitrogen and oxygen atoms in total. The van der Waals surface area contributed by atoms with E-state index in [1.165, 1.54) is 12.8 Å². The van der Waals surface area contributed by atoms with Crippen LogP contribution in [-0.2, 0) is 0 Å². The summed E-state index contributed by atoms with van der Waals surface area (Å²) < 4.78 is 5.15. The lowest BCUT2D eigenvalue weighted by atomic mass is 9.92. The number of benzene rings is 1. The summed E-state index contributed by atoms with van der Waals surface area (Å²) in [6.45, 7) is 5.26. The minimum Gasteiger partial charge on any atom is -0.497 e. The molecule has 0 heterocycles. The molecule has 19 heavy (non-hydrogen) atoms. The lowest BCUT2D eigenvalue weighted by Gasteiger charge is -2.21. The molecule has 1 saturated carbocycles. The molecule has 0 aliphatic heterocycles. The average Bonchev–Trinajstić information content (AvgIpc) is 3.17. The Balaban J connectivity index is 2.16. The van der Waals surface area contributed by atoms with E-state index in [1.54, 1.807) is 25.3 Å². The van der Waals surface area contributed by atoms with Gasteiger partial charge < -0.3 is 15.2 Å². The molecule has 1 aliphatic rings. The molecule has 104 valence electrons. The second-order valence-corrected chi connectivity index (χ2v) is 5.59. The lowest BCUT2D eigenvalue weighted by Crippen LogP contribution is -2.21. The van der Waals surface area contributed by atoms with Crippen molar-refractivity contribution in [3.63, 3.8) is 0 Å². The van der Waals surface area contributed by atoms with Crippen molar-refractivity contribution in [1.82, 2.24) is 0 Å². The van der Waals surface area contributed by atoms with Gasteiger partial charge in [0.25, 0.3) is 0 Å². The molecule has 0 radical (unpaired) electrons. The van der Waals surface area contributed by atoms with Crippen LogP contribution in [0.25, 0.3) is 0 Å². The van der Waals surface area contributed by atoms with Gasteiger partial charge in [-0.05, 0) is 36.3 Å². The molecule has 4 heteroatoms. The molecule has 0 bridgehead atoms. The number of ether oxygens (including phenoxy) is 1. The Bertz CT molecular complexity index is 478. The molecular weight excluding hydrogens is 242 g/mol. The molecule has 1 aromatic carbocycles. The van der Waals surface area contributed by atoms with Crippen molar-refractivity contribution in [3.05, 3.63) is 23.8 Å². The van der Waals surface area contributed by atoms with Gasteiger partial charge in [-0.25, -0.2) is 4.79 Å². The monoisotopic (exact) mass is 263 g/mol. The van der Waals surface area contributed by atoms with Crippen LogP contribution < -0.4 is 10.1 Å². The highest BCUT2D eigenvalue weighted by atomic mass is 16.5. The number of carboxylic acids is 1. The second kappa shape index (κ2) is 5.11. The Morgan fingerprint density at radius 2 is 2.16 bits per heavy atom. The predicted molar refractivity (Wildman–Crippen MR) is 74.9 cm³/mol. The normalized spacial score (nSPS) is 16.2. The van der Waals surface area contributed by atoms with Crippen LogP contribution in [0.1, 0.15) is 37.0 Å². The molecule has 0 saturated heterocycles. The van der Waals surface area contributed by atoms with Crippen molar-refractivity contribution in [3.8, 4) is 5.75 Å². The number of hydrogen-bond donors (Lipinski definition) is 2. The van der Waals surface area contributed by atoms with E-state index in [4.69, 9.17) is 4.74 Å². The maximum absolute atomic E-state index is 11.2. The first kappa shape index (κ1) is 13.7. The third kappa shape index (κ3) is 2.83. The topological polar surface area (TPSA) is 58.6 Å². The van der Waals surface area contributed by atoms with E-state index in [2.05, 4.69) is 19.2 Å². The Morgan fingerprint density at radius 3 is 2.63 bits per heavy atom. The van der Waals surface area contributed by atoms with Crippen molar-refractivity contribution in [2.75, 3.05) is 19.0 Å². The van der Waals surface area contributed by atoms with Crippen LogP contribution >= 0.6 is 0 Å². The highest BCUT2D eigenvalue weighted by molar-refractivity contribution is 5.94. The fraction of sp³-hybridized carbons (Fsp3) is 0.533. The van der Waals surface area contributed by atoms with Crippen LogP contribution in [0.2, 0.25) is 0 Å². The fourth-order valence-electron chi connectivity index (χ4n) is 2.37. The highest BCUT2D eigenvalue weighted by Gasteiger charge is 2.45. The van der Waals surface area contributed by atoms with Crippen LogP contribution in [0.3, 0.4) is 0 Å². The zero-order chi connectivity index (χ0) is 14.0. The Morgan fingerprint density at radius 1 is 1.47 bits per heavy atom. The lowest BCUT2D eigenvalue weighted by molar-refractivity contribution is 0.0698.